The van der Waals surface area contributed by atoms with Gasteiger partial charge >= 0.3 is 0 Å². The van der Waals surface area contributed by atoms with Crippen molar-refractivity contribution in [2.24, 2.45) is 11.3 Å². The van der Waals surface area contributed by atoms with Crippen molar-refractivity contribution in [3.05, 3.63) is 53.9 Å². The molecule has 0 bridgehead atoms. The first-order valence-corrected chi connectivity index (χ1v) is 8.80. The molecule has 1 amide bonds. The summed E-state index contributed by atoms with van der Waals surface area (Å²) in [6.45, 7) is 1.44. The molecule has 2 fully saturated rings. The van der Waals surface area contributed by atoms with Crippen LogP contribution in [0.1, 0.15) is 24.8 Å². The van der Waals surface area contributed by atoms with Crippen LogP contribution in [0.25, 0.3) is 0 Å². The Bertz CT molecular complexity index is 790. The molecule has 1 atom stereocenters. The van der Waals surface area contributed by atoms with Crippen LogP contribution in [-0.2, 0) is 11.3 Å². The van der Waals surface area contributed by atoms with Crippen LogP contribution in [0.4, 0.5) is 14.7 Å². The maximum absolute atomic E-state index is 13.3. The molecule has 1 spiro atoms. The summed E-state index contributed by atoms with van der Waals surface area (Å²) in [6.07, 6.45) is 6.51. The number of amides is 1. The van der Waals surface area contributed by atoms with E-state index in [2.05, 4.69) is 20.2 Å². The van der Waals surface area contributed by atoms with Crippen molar-refractivity contribution < 1.29 is 13.6 Å². The van der Waals surface area contributed by atoms with Crippen LogP contribution in [0.5, 0.6) is 0 Å². The Kier molecular flexibility index (Phi) is 4.30. The van der Waals surface area contributed by atoms with Crippen LogP contribution in [0.2, 0.25) is 0 Å². The smallest absolute Gasteiger partial charge is 0.225 e. The number of halogens is 2. The fourth-order valence-corrected chi connectivity index (χ4v) is 4.10. The first kappa shape index (κ1) is 16.9. The second kappa shape index (κ2) is 6.63. The number of carbonyl (C=O) groups is 1. The van der Waals surface area contributed by atoms with Gasteiger partial charge in [0.2, 0.25) is 11.9 Å². The summed E-state index contributed by atoms with van der Waals surface area (Å²) in [5, 5.41) is 2.85. The van der Waals surface area contributed by atoms with Crippen molar-refractivity contribution in [3.8, 4) is 0 Å². The number of carbonyl (C=O) groups excluding carboxylic acids is 1. The molecule has 2 aliphatic rings. The molecule has 1 unspecified atom stereocenters. The molecule has 1 aromatic heterocycles. The second-order valence-corrected chi connectivity index (χ2v) is 7.19. The highest BCUT2D eigenvalue weighted by molar-refractivity contribution is 5.81. The summed E-state index contributed by atoms with van der Waals surface area (Å²) in [7, 11) is 0. The van der Waals surface area contributed by atoms with Crippen molar-refractivity contribution in [2.75, 3.05) is 18.0 Å². The molecule has 2 heterocycles. The minimum Gasteiger partial charge on any atom is -0.352 e. The zero-order valence-corrected chi connectivity index (χ0v) is 14.3. The van der Waals surface area contributed by atoms with E-state index >= 15 is 0 Å². The molecule has 1 saturated heterocycles. The monoisotopic (exact) mass is 358 g/mol. The quantitative estimate of drug-likeness (QED) is 0.913. The Morgan fingerprint density at radius 2 is 1.88 bits per heavy atom. The Morgan fingerprint density at radius 1 is 1.19 bits per heavy atom. The number of nitrogens with zero attached hydrogens (tertiary/aromatic N) is 3. The van der Waals surface area contributed by atoms with Gasteiger partial charge in [0.1, 0.15) is 11.6 Å². The summed E-state index contributed by atoms with van der Waals surface area (Å²) in [6, 6.07) is 5.06. The molecular formula is C19H20F2N4O. The average Bonchev–Trinajstić information content (AvgIpc) is 3.01. The lowest BCUT2D eigenvalue weighted by Gasteiger charge is -2.41. The summed E-state index contributed by atoms with van der Waals surface area (Å²) < 4.78 is 26.6. The van der Waals surface area contributed by atoms with Gasteiger partial charge in [0.25, 0.3) is 0 Å². The van der Waals surface area contributed by atoms with E-state index in [4.69, 9.17) is 0 Å². The van der Waals surface area contributed by atoms with Gasteiger partial charge in [-0.25, -0.2) is 18.7 Å². The van der Waals surface area contributed by atoms with Gasteiger partial charge in [-0.2, -0.15) is 0 Å². The largest absolute Gasteiger partial charge is 0.352 e. The highest BCUT2D eigenvalue weighted by Crippen LogP contribution is 2.52. The molecule has 0 radical (unpaired) electrons. The van der Waals surface area contributed by atoms with Gasteiger partial charge in [0.05, 0.1) is 5.92 Å². The van der Waals surface area contributed by atoms with Gasteiger partial charge in [-0.1, -0.05) is 6.42 Å². The van der Waals surface area contributed by atoms with Crippen LogP contribution in [0, 0.1) is 23.0 Å². The van der Waals surface area contributed by atoms with E-state index in [-0.39, 0.29) is 23.8 Å². The summed E-state index contributed by atoms with van der Waals surface area (Å²) in [4.78, 5) is 23.5. The van der Waals surface area contributed by atoms with Crippen molar-refractivity contribution in [1.29, 1.82) is 0 Å². The van der Waals surface area contributed by atoms with Crippen LogP contribution < -0.4 is 10.2 Å². The van der Waals surface area contributed by atoms with Crippen LogP contribution in [0.3, 0.4) is 0 Å². The standard InChI is InChI=1S/C19H20F2N4O/c20-14-7-13(8-15(21)9-14)10-24-17(26)16-11-25(12-19(16)3-1-4-19)18-22-5-2-6-23-18/h2,5-9,16H,1,3-4,10-12H2,(H,24,26). The SMILES string of the molecule is O=C(NCc1cc(F)cc(F)c1)C1CN(c2ncccn2)CC12CCC2. The predicted molar refractivity (Wildman–Crippen MR) is 92.2 cm³/mol. The van der Waals surface area contributed by atoms with Crippen LogP contribution in [0.15, 0.2) is 36.7 Å². The molecule has 1 aromatic carbocycles. The Hall–Kier alpha value is -2.57. The summed E-state index contributed by atoms with van der Waals surface area (Å²) in [5.74, 6) is -0.886. The van der Waals surface area contributed by atoms with E-state index < -0.39 is 11.6 Å². The fraction of sp³-hybridized carbons (Fsp3) is 0.421. The van der Waals surface area contributed by atoms with Gasteiger partial charge in [-0.3, -0.25) is 4.79 Å². The van der Waals surface area contributed by atoms with Gasteiger partial charge in [0, 0.05) is 43.5 Å². The molecule has 26 heavy (non-hydrogen) atoms. The minimum atomic E-state index is -0.641. The van der Waals surface area contributed by atoms with Crippen LogP contribution in [-0.4, -0.2) is 29.0 Å². The highest BCUT2D eigenvalue weighted by Gasteiger charge is 2.53. The van der Waals surface area contributed by atoms with E-state index in [1.54, 1.807) is 18.5 Å². The highest BCUT2D eigenvalue weighted by atomic mass is 19.1. The molecule has 1 aliphatic heterocycles. The van der Waals surface area contributed by atoms with E-state index in [9.17, 15) is 13.6 Å². The van der Waals surface area contributed by atoms with E-state index in [1.165, 1.54) is 12.1 Å². The predicted octanol–water partition coefficient (Wildman–Crippen LogP) is 2.68. The van der Waals surface area contributed by atoms with Gasteiger partial charge in [-0.15, -0.1) is 0 Å². The van der Waals surface area contributed by atoms with Gasteiger partial charge in [-0.05, 0) is 36.6 Å². The number of rotatable bonds is 4. The second-order valence-electron chi connectivity index (χ2n) is 7.19. The Balaban J connectivity index is 1.46. The third-order valence-electron chi connectivity index (χ3n) is 5.54. The molecule has 2 aromatic rings. The third kappa shape index (κ3) is 3.13. The number of anilines is 1. The summed E-state index contributed by atoms with van der Waals surface area (Å²) >= 11 is 0. The van der Waals surface area contributed by atoms with Crippen molar-refractivity contribution in [3.63, 3.8) is 0 Å². The number of aromatic nitrogens is 2. The molecule has 1 N–H and O–H groups in total. The van der Waals surface area contributed by atoms with E-state index in [0.717, 1.165) is 31.9 Å². The van der Waals surface area contributed by atoms with Crippen molar-refractivity contribution in [2.45, 2.75) is 25.8 Å². The molecule has 5 nitrogen and oxygen atoms in total. The molecule has 4 rings (SSSR count). The van der Waals surface area contributed by atoms with Gasteiger partial charge in [0.15, 0.2) is 0 Å². The Labute approximate surface area is 150 Å². The molecule has 1 saturated carbocycles. The normalized spacial score (nSPS) is 20.8. The zero-order chi connectivity index (χ0) is 18.1. The number of hydrogen-bond donors (Lipinski definition) is 1. The lowest BCUT2D eigenvalue weighted by Crippen LogP contribution is -2.45. The van der Waals surface area contributed by atoms with E-state index in [0.29, 0.717) is 18.1 Å². The number of hydrogen-bond acceptors (Lipinski definition) is 4. The van der Waals surface area contributed by atoms with Crippen molar-refractivity contribution in [1.82, 2.24) is 15.3 Å². The average molecular weight is 358 g/mol. The fourth-order valence-electron chi connectivity index (χ4n) is 4.10. The molecular weight excluding hydrogens is 338 g/mol. The first-order valence-electron chi connectivity index (χ1n) is 8.80. The molecule has 136 valence electrons. The third-order valence-corrected chi connectivity index (χ3v) is 5.54. The lowest BCUT2D eigenvalue weighted by atomic mass is 9.62. The molecule has 1 aliphatic carbocycles. The summed E-state index contributed by atoms with van der Waals surface area (Å²) in [5.41, 5.74) is 0.371. The topological polar surface area (TPSA) is 58.1 Å². The minimum absolute atomic E-state index is 0.0452. The molecule has 7 heteroatoms. The zero-order valence-electron chi connectivity index (χ0n) is 14.3. The lowest BCUT2D eigenvalue weighted by molar-refractivity contribution is -0.129. The number of nitrogens with one attached hydrogen (secondary N) is 1. The van der Waals surface area contributed by atoms with Crippen LogP contribution >= 0.6 is 0 Å². The van der Waals surface area contributed by atoms with Gasteiger partial charge < -0.3 is 10.2 Å². The number of benzene rings is 1. The van der Waals surface area contributed by atoms with E-state index in [1.807, 2.05) is 0 Å². The maximum atomic E-state index is 13.3. The first-order chi connectivity index (χ1) is 12.6. The van der Waals surface area contributed by atoms with Crippen molar-refractivity contribution >= 4 is 11.9 Å². The Morgan fingerprint density at radius 3 is 2.50 bits per heavy atom. The maximum Gasteiger partial charge on any atom is 0.225 e.